The minimum atomic E-state index is -0.0870. The molecule has 8 heteroatoms. The summed E-state index contributed by atoms with van der Waals surface area (Å²) in [7, 11) is 0. The molecule has 0 aliphatic rings. The average molecular weight is 475 g/mol. The Morgan fingerprint density at radius 2 is 1.93 bits per heavy atom. The van der Waals surface area contributed by atoms with Gasteiger partial charge in [0.2, 0.25) is 5.91 Å². The predicted octanol–water partition coefficient (Wildman–Crippen LogP) is 4.99. The largest absolute Gasteiger partial charge is 0.485 e. The highest BCUT2D eigenvalue weighted by molar-refractivity contribution is 9.10. The van der Waals surface area contributed by atoms with E-state index in [1.54, 1.807) is 0 Å². The van der Waals surface area contributed by atoms with Crippen molar-refractivity contribution in [1.82, 2.24) is 14.8 Å². The molecule has 1 N–H and O–H groups in total. The summed E-state index contributed by atoms with van der Waals surface area (Å²) in [6.45, 7) is 7.14. The number of carbonyl (C=O) groups is 1. The summed E-state index contributed by atoms with van der Waals surface area (Å²) < 4.78 is 8.87. The molecule has 0 bridgehead atoms. The summed E-state index contributed by atoms with van der Waals surface area (Å²) in [6.07, 6.45) is 0. The highest BCUT2D eigenvalue weighted by atomic mass is 79.9. The number of amides is 1. The summed E-state index contributed by atoms with van der Waals surface area (Å²) in [5.41, 5.74) is 3.05. The van der Waals surface area contributed by atoms with Crippen molar-refractivity contribution >= 4 is 39.3 Å². The lowest BCUT2D eigenvalue weighted by Crippen LogP contribution is -2.14. The maximum atomic E-state index is 12.2. The normalized spacial score (nSPS) is 10.8. The SMILES string of the molecule is CCn1c(COc2ccc(C)cc2C)nnc1SCC(=O)Nc1ccc(Br)cc1. The molecule has 152 valence electrons. The monoisotopic (exact) mass is 474 g/mol. The number of thioether (sulfide) groups is 1. The number of carbonyl (C=O) groups excluding carboxylic acids is 1. The van der Waals surface area contributed by atoms with Crippen molar-refractivity contribution in [3.05, 3.63) is 63.9 Å². The van der Waals surface area contributed by atoms with Crippen molar-refractivity contribution in [3.8, 4) is 5.75 Å². The lowest BCUT2D eigenvalue weighted by molar-refractivity contribution is -0.113. The summed E-state index contributed by atoms with van der Waals surface area (Å²) >= 11 is 4.74. The first-order valence-corrected chi connectivity index (χ1v) is 11.0. The number of nitrogens with zero attached hydrogens (tertiary/aromatic N) is 3. The molecule has 1 amide bonds. The van der Waals surface area contributed by atoms with E-state index in [1.165, 1.54) is 17.3 Å². The number of hydrogen-bond acceptors (Lipinski definition) is 5. The van der Waals surface area contributed by atoms with Crippen LogP contribution in [0.3, 0.4) is 0 Å². The van der Waals surface area contributed by atoms with Crippen LogP contribution in [-0.4, -0.2) is 26.4 Å². The van der Waals surface area contributed by atoms with Gasteiger partial charge in [-0.3, -0.25) is 4.79 Å². The van der Waals surface area contributed by atoms with Gasteiger partial charge in [0, 0.05) is 16.7 Å². The first-order valence-electron chi connectivity index (χ1n) is 9.26. The second-order valence-electron chi connectivity index (χ2n) is 6.54. The topological polar surface area (TPSA) is 69.0 Å². The van der Waals surface area contributed by atoms with E-state index in [2.05, 4.69) is 44.4 Å². The van der Waals surface area contributed by atoms with Crippen LogP contribution in [0.5, 0.6) is 5.75 Å². The van der Waals surface area contributed by atoms with Crippen LogP contribution in [0, 0.1) is 13.8 Å². The van der Waals surface area contributed by atoms with Crippen molar-refractivity contribution in [3.63, 3.8) is 0 Å². The van der Waals surface area contributed by atoms with Crippen LogP contribution in [0.4, 0.5) is 5.69 Å². The third-order valence-electron chi connectivity index (χ3n) is 4.26. The van der Waals surface area contributed by atoms with Crippen LogP contribution in [0.2, 0.25) is 0 Å². The van der Waals surface area contributed by atoms with Crippen LogP contribution in [0.15, 0.2) is 52.1 Å². The van der Waals surface area contributed by atoms with E-state index in [9.17, 15) is 4.79 Å². The highest BCUT2D eigenvalue weighted by Gasteiger charge is 2.14. The fourth-order valence-corrected chi connectivity index (χ4v) is 3.90. The van der Waals surface area contributed by atoms with E-state index >= 15 is 0 Å². The second kappa shape index (κ2) is 9.93. The van der Waals surface area contributed by atoms with Crippen molar-refractivity contribution in [2.24, 2.45) is 0 Å². The maximum Gasteiger partial charge on any atom is 0.234 e. The quantitative estimate of drug-likeness (QED) is 0.465. The van der Waals surface area contributed by atoms with Gasteiger partial charge in [-0.1, -0.05) is 45.4 Å². The molecule has 0 unspecified atom stereocenters. The van der Waals surface area contributed by atoms with E-state index < -0.39 is 0 Å². The summed E-state index contributed by atoms with van der Waals surface area (Å²) in [6, 6.07) is 13.6. The van der Waals surface area contributed by atoms with Crippen LogP contribution in [0.25, 0.3) is 0 Å². The molecule has 0 radical (unpaired) electrons. The van der Waals surface area contributed by atoms with E-state index in [0.717, 1.165) is 27.3 Å². The Bertz CT molecular complexity index is 989. The van der Waals surface area contributed by atoms with Gasteiger partial charge in [-0.2, -0.15) is 0 Å². The second-order valence-corrected chi connectivity index (χ2v) is 8.40. The zero-order chi connectivity index (χ0) is 20.8. The van der Waals surface area contributed by atoms with Gasteiger partial charge in [-0.05, 0) is 56.7 Å². The molecule has 3 aromatic rings. The maximum absolute atomic E-state index is 12.2. The fraction of sp³-hybridized carbons (Fsp3) is 0.286. The Hall–Kier alpha value is -2.32. The number of ether oxygens (including phenoxy) is 1. The standard InChI is InChI=1S/C21H23BrN4O2S/c1-4-26-19(12-28-18-10-5-14(2)11-15(18)3)24-25-21(26)29-13-20(27)23-17-8-6-16(22)7-9-17/h5-11H,4,12-13H2,1-3H3,(H,23,27). The van der Waals surface area contributed by atoms with E-state index in [0.29, 0.717) is 18.3 Å². The molecule has 0 saturated heterocycles. The molecular weight excluding hydrogens is 452 g/mol. The number of nitrogens with one attached hydrogen (secondary N) is 1. The predicted molar refractivity (Wildman–Crippen MR) is 119 cm³/mol. The lowest BCUT2D eigenvalue weighted by Gasteiger charge is -2.11. The highest BCUT2D eigenvalue weighted by Crippen LogP contribution is 2.22. The molecule has 1 aromatic heterocycles. The van der Waals surface area contributed by atoms with Gasteiger partial charge in [0.1, 0.15) is 12.4 Å². The fourth-order valence-electron chi connectivity index (χ4n) is 2.81. The molecule has 1 heterocycles. The van der Waals surface area contributed by atoms with E-state index in [1.807, 2.05) is 54.8 Å². The lowest BCUT2D eigenvalue weighted by atomic mass is 10.1. The molecule has 6 nitrogen and oxygen atoms in total. The minimum Gasteiger partial charge on any atom is -0.485 e. The Balaban J connectivity index is 1.58. The van der Waals surface area contributed by atoms with Crippen LogP contribution >= 0.6 is 27.7 Å². The van der Waals surface area contributed by atoms with Gasteiger partial charge in [0.05, 0.1) is 5.75 Å². The zero-order valence-corrected chi connectivity index (χ0v) is 19.0. The van der Waals surface area contributed by atoms with Crippen LogP contribution in [0.1, 0.15) is 23.9 Å². The van der Waals surface area contributed by atoms with Gasteiger partial charge < -0.3 is 14.6 Å². The Morgan fingerprint density at radius 1 is 1.17 bits per heavy atom. The number of aryl methyl sites for hydroxylation is 2. The average Bonchev–Trinajstić information content (AvgIpc) is 3.09. The molecule has 0 spiro atoms. The van der Waals surface area contributed by atoms with Gasteiger partial charge in [-0.15, -0.1) is 10.2 Å². The molecule has 2 aromatic carbocycles. The van der Waals surface area contributed by atoms with Crippen LogP contribution in [-0.2, 0) is 17.9 Å². The Labute approximate surface area is 183 Å². The molecule has 0 aliphatic carbocycles. The summed E-state index contributed by atoms with van der Waals surface area (Å²) in [5.74, 6) is 1.75. The number of anilines is 1. The molecule has 29 heavy (non-hydrogen) atoms. The zero-order valence-electron chi connectivity index (χ0n) is 16.6. The first kappa shape index (κ1) is 21.4. The number of halogens is 1. The van der Waals surface area contributed by atoms with Crippen molar-refractivity contribution in [2.75, 3.05) is 11.1 Å². The Kier molecular flexibility index (Phi) is 7.33. The number of hydrogen-bond donors (Lipinski definition) is 1. The van der Waals surface area contributed by atoms with Crippen molar-refractivity contribution < 1.29 is 9.53 Å². The van der Waals surface area contributed by atoms with E-state index in [4.69, 9.17) is 4.74 Å². The molecule has 0 saturated carbocycles. The van der Waals surface area contributed by atoms with Gasteiger partial charge in [0.25, 0.3) is 0 Å². The van der Waals surface area contributed by atoms with Gasteiger partial charge in [-0.25, -0.2) is 0 Å². The third kappa shape index (κ3) is 5.83. The van der Waals surface area contributed by atoms with E-state index in [-0.39, 0.29) is 11.7 Å². The number of aromatic nitrogens is 3. The molecule has 0 atom stereocenters. The smallest absolute Gasteiger partial charge is 0.234 e. The molecule has 3 rings (SSSR count). The number of benzene rings is 2. The Morgan fingerprint density at radius 3 is 2.62 bits per heavy atom. The van der Waals surface area contributed by atoms with Gasteiger partial charge >= 0.3 is 0 Å². The van der Waals surface area contributed by atoms with Crippen molar-refractivity contribution in [2.45, 2.75) is 39.1 Å². The number of rotatable bonds is 8. The summed E-state index contributed by atoms with van der Waals surface area (Å²) in [4.78, 5) is 12.2. The third-order valence-corrected chi connectivity index (χ3v) is 5.75. The first-order chi connectivity index (χ1) is 14.0. The summed E-state index contributed by atoms with van der Waals surface area (Å²) in [5, 5.41) is 12.1. The minimum absolute atomic E-state index is 0.0870. The van der Waals surface area contributed by atoms with Crippen molar-refractivity contribution in [1.29, 1.82) is 0 Å². The molecule has 0 aliphatic heterocycles. The van der Waals surface area contributed by atoms with Gasteiger partial charge in [0.15, 0.2) is 11.0 Å². The molecular formula is C21H23BrN4O2S. The van der Waals surface area contributed by atoms with Crippen LogP contribution < -0.4 is 10.1 Å². The molecule has 0 fully saturated rings.